The predicted molar refractivity (Wildman–Crippen MR) is 127 cm³/mol. The number of likely N-dealkylation sites (tertiary alicyclic amines) is 1. The lowest BCUT2D eigenvalue weighted by Gasteiger charge is -2.36. The summed E-state index contributed by atoms with van der Waals surface area (Å²) in [5, 5.41) is 0. The van der Waals surface area contributed by atoms with Crippen LogP contribution in [0, 0.1) is 31.5 Å². The minimum atomic E-state index is -3.92. The second kappa shape index (κ2) is 9.96. The Labute approximate surface area is 200 Å². The Morgan fingerprint density at radius 3 is 2.12 bits per heavy atom. The van der Waals surface area contributed by atoms with Crippen LogP contribution in [-0.4, -0.2) is 55.5 Å². The standard InChI is InChI=1S/C26H31FN2O4S/c1-18-7-8-22(19(2)17-18)25(30)20-9-13-28(14-10-20)26(31)21-11-15-29(16-12-21)34(32,33)24-6-4-3-5-23(24)27/h3-8,17,20-21H,9-16H2,1-2H3. The zero-order valence-corrected chi connectivity index (χ0v) is 20.5. The number of hydrogen-bond acceptors (Lipinski definition) is 4. The number of carbonyl (C=O) groups excluding carboxylic acids is 2. The number of carbonyl (C=O) groups is 2. The van der Waals surface area contributed by atoms with Crippen molar-refractivity contribution in [1.29, 1.82) is 0 Å². The summed E-state index contributed by atoms with van der Waals surface area (Å²) >= 11 is 0. The molecule has 2 aliphatic heterocycles. The number of benzene rings is 2. The van der Waals surface area contributed by atoms with Crippen LogP contribution in [0.5, 0.6) is 0 Å². The van der Waals surface area contributed by atoms with Gasteiger partial charge in [0.25, 0.3) is 0 Å². The van der Waals surface area contributed by atoms with E-state index in [9.17, 15) is 22.4 Å². The summed E-state index contributed by atoms with van der Waals surface area (Å²) in [7, 11) is -3.92. The molecule has 0 spiro atoms. The molecule has 4 rings (SSSR count). The molecular formula is C26H31FN2O4S. The first-order chi connectivity index (χ1) is 16.2. The van der Waals surface area contributed by atoms with Gasteiger partial charge in [0.15, 0.2) is 5.78 Å². The fourth-order valence-electron chi connectivity index (χ4n) is 5.07. The van der Waals surface area contributed by atoms with Gasteiger partial charge in [-0.15, -0.1) is 0 Å². The average Bonchev–Trinajstić information content (AvgIpc) is 2.83. The van der Waals surface area contributed by atoms with Crippen LogP contribution >= 0.6 is 0 Å². The van der Waals surface area contributed by atoms with E-state index >= 15 is 0 Å². The van der Waals surface area contributed by atoms with Crippen LogP contribution in [-0.2, 0) is 14.8 Å². The van der Waals surface area contributed by atoms with Crippen LogP contribution < -0.4 is 0 Å². The molecule has 2 aliphatic rings. The molecule has 0 aliphatic carbocycles. The molecule has 34 heavy (non-hydrogen) atoms. The summed E-state index contributed by atoms with van der Waals surface area (Å²) in [5.41, 5.74) is 2.88. The van der Waals surface area contributed by atoms with Crippen molar-refractivity contribution in [1.82, 2.24) is 9.21 Å². The first-order valence-electron chi connectivity index (χ1n) is 11.8. The Morgan fingerprint density at radius 2 is 1.50 bits per heavy atom. The quantitative estimate of drug-likeness (QED) is 0.600. The summed E-state index contributed by atoms with van der Waals surface area (Å²) < 4.78 is 40.9. The number of Topliss-reactive ketones (excluding diaryl/α,β-unsaturated/α-hetero) is 1. The normalized spacial score (nSPS) is 18.7. The van der Waals surface area contributed by atoms with Gasteiger partial charge >= 0.3 is 0 Å². The first kappa shape index (κ1) is 24.5. The van der Waals surface area contributed by atoms with Crippen molar-refractivity contribution in [3.8, 4) is 0 Å². The molecule has 0 bridgehead atoms. The Hall–Kier alpha value is -2.58. The number of aryl methyl sites for hydroxylation is 2. The molecule has 182 valence electrons. The predicted octanol–water partition coefficient (Wildman–Crippen LogP) is 3.96. The van der Waals surface area contributed by atoms with E-state index in [2.05, 4.69) is 0 Å². The fraction of sp³-hybridized carbons (Fsp3) is 0.462. The van der Waals surface area contributed by atoms with E-state index in [1.165, 1.54) is 22.5 Å². The molecule has 0 radical (unpaired) electrons. The summed E-state index contributed by atoms with van der Waals surface area (Å²) in [4.78, 5) is 27.6. The lowest BCUT2D eigenvalue weighted by Crippen LogP contribution is -2.47. The van der Waals surface area contributed by atoms with E-state index in [1.807, 2.05) is 36.9 Å². The molecule has 0 N–H and O–H groups in total. The molecule has 2 aromatic rings. The maximum Gasteiger partial charge on any atom is 0.245 e. The molecule has 0 saturated carbocycles. The van der Waals surface area contributed by atoms with Crippen molar-refractivity contribution in [3.63, 3.8) is 0 Å². The molecule has 1 amide bonds. The van der Waals surface area contributed by atoms with Crippen LogP contribution in [0.4, 0.5) is 4.39 Å². The van der Waals surface area contributed by atoms with Crippen molar-refractivity contribution < 1.29 is 22.4 Å². The van der Waals surface area contributed by atoms with Crippen molar-refractivity contribution in [2.75, 3.05) is 26.2 Å². The molecule has 0 unspecified atom stereocenters. The van der Waals surface area contributed by atoms with Crippen molar-refractivity contribution >= 4 is 21.7 Å². The van der Waals surface area contributed by atoms with Crippen molar-refractivity contribution in [3.05, 3.63) is 65.0 Å². The smallest absolute Gasteiger partial charge is 0.245 e. The molecular weight excluding hydrogens is 455 g/mol. The third kappa shape index (κ3) is 4.93. The van der Waals surface area contributed by atoms with E-state index < -0.39 is 15.8 Å². The van der Waals surface area contributed by atoms with Gasteiger partial charge in [-0.1, -0.05) is 35.9 Å². The number of hydrogen-bond donors (Lipinski definition) is 0. The number of amides is 1. The number of rotatable bonds is 5. The lowest BCUT2D eigenvalue weighted by atomic mass is 9.86. The third-order valence-electron chi connectivity index (χ3n) is 7.08. The van der Waals surface area contributed by atoms with E-state index in [0.29, 0.717) is 38.8 Å². The summed E-state index contributed by atoms with van der Waals surface area (Å²) in [6, 6.07) is 11.2. The van der Waals surface area contributed by atoms with Gasteiger partial charge in [0.1, 0.15) is 10.7 Å². The number of piperidine rings is 2. The molecule has 0 atom stereocenters. The monoisotopic (exact) mass is 486 g/mol. The summed E-state index contributed by atoms with van der Waals surface area (Å²) in [6.45, 7) is 5.41. The fourth-order valence-corrected chi connectivity index (χ4v) is 6.60. The van der Waals surface area contributed by atoms with E-state index in [4.69, 9.17) is 0 Å². The lowest BCUT2D eigenvalue weighted by molar-refractivity contribution is -0.138. The van der Waals surface area contributed by atoms with Gasteiger partial charge in [-0.25, -0.2) is 12.8 Å². The van der Waals surface area contributed by atoms with Crippen LogP contribution in [0.3, 0.4) is 0 Å². The van der Waals surface area contributed by atoms with Gasteiger partial charge < -0.3 is 4.90 Å². The summed E-state index contributed by atoms with van der Waals surface area (Å²) in [5.74, 6) is -0.924. The van der Waals surface area contributed by atoms with Crippen LogP contribution in [0.1, 0.15) is 47.2 Å². The van der Waals surface area contributed by atoms with Gasteiger partial charge in [0.2, 0.25) is 15.9 Å². The van der Waals surface area contributed by atoms with Gasteiger partial charge in [0.05, 0.1) is 0 Å². The number of ketones is 1. The highest BCUT2D eigenvalue weighted by molar-refractivity contribution is 7.89. The second-order valence-electron chi connectivity index (χ2n) is 9.39. The highest BCUT2D eigenvalue weighted by Crippen LogP contribution is 2.29. The van der Waals surface area contributed by atoms with Gasteiger partial charge in [-0.05, 0) is 57.2 Å². The van der Waals surface area contributed by atoms with Crippen LogP contribution in [0.2, 0.25) is 0 Å². The maximum atomic E-state index is 14.0. The number of halogens is 1. The Kier molecular flexibility index (Phi) is 7.19. The van der Waals surface area contributed by atoms with E-state index in [-0.39, 0.29) is 41.5 Å². The van der Waals surface area contributed by atoms with Gasteiger partial charge in [-0.3, -0.25) is 9.59 Å². The Balaban J connectivity index is 1.31. The maximum absolute atomic E-state index is 14.0. The van der Waals surface area contributed by atoms with Crippen LogP contribution in [0.25, 0.3) is 0 Å². The SMILES string of the molecule is Cc1ccc(C(=O)C2CCN(C(=O)C3CCN(S(=O)(=O)c4ccccc4F)CC3)CC2)c(C)c1. The Morgan fingerprint density at radius 1 is 0.882 bits per heavy atom. The van der Waals surface area contributed by atoms with Crippen LogP contribution in [0.15, 0.2) is 47.4 Å². The minimum Gasteiger partial charge on any atom is -0.342 e. The van der Waals surface area contributed by atoms with Gasteiger partial charge in [0, 0.05) is 43.6 Å². The largest absolute Gasteiger partial charge is 0.342 e. The van der Waals surface area contributed by atoms with E-state index in [0.717, 1.165) is 22.8 Å². The zero-order chi connectivity index (χ0) is 24.5. The topological polar surface area (TPSA) is 74.8 Å². The Bertz CT molecular complexity index is 1180. The summed E-state index contributed by atoms with van der Waals surface area (Å²) in [6.07, 6.45) is 2.10. The first-order valence-corrected chi connectivity index (χ1v) is 13.3. The molecule has 8 heteroatoms. The molecule has 0 aromatic heterocycles. The molecule has 2 fully saturated rings. The highest BCUT2D eigenvalue weighted by atomic mass is 32.2. The molecule has 2 heterocycles. The van der Waals surface area contributed by atoms with Crippen molar-refractivity contribution in [2.24, 2.45) is 11.8 Å². The molecule has 2 saturated heterocycles. The highest BCUT2D eigenvalue weighted by Gasteiger charge is 2.36. The average molecular weight is 487 g/mol. The van der Waals surface area contributed by atoms with E-state index in [1.54, 1.807) is 0 Å². The number of sulfonamides is 1. The molecule has 6 nitrogen and oxygen atoms in total. The molecule has 2 aromatic carbocycles. The van der Waals surface area contributed by atoms with Crippen molar-refractivity contribution in [2.45, 2.75) is 44.4 Å². The van der Waals surface area contributed by atoms with Gasteiger partial charge in [-0.2, -0.15) is 4.31 Å². The zero-order valence-electron chi connectivity index (χ0n) is 19.7. The minimum absolute atomic E-state index is 0.0281. The number of nitrogens with zero attached hydrogens (tertiary/aromatic N) is 2. The third-order valence-corrected chi connectivity index (χ3v) is 9.01. The second-order valence-corrected chi connectivity index (χ2v) is 11.3.